The molecule has 0 atom stereocenters. The van der Waals surface area contributed by atoms with Crippen LogP contribution < -0.4 is 10.9 Å². The molecule has 130 valence electrons. The average molecular weight is 421 g/mol. The second-order valence-corrected chi connectivity index (χ2v) is 7.36. The van der Waals surface area contributed by atoms with E-state index in [0.29, 0.717) is 22.7 Å². The topological polar surface area (TPSA) is 79.8 Å². The molecule has 6 nitrogen and oxygen atoms in total. The van der Waals surface area contributed by atoms with Crippen LogP contribution in [0.4, 0.5) is 5.69 Å². The molecule has 3 aromatic rings. The monoisotopic (exact) mass is 420 g/mol. The van der Waals surface area contributed by atoms with Crippen LogP contribution in [0.5, 0.6) is 0 Å². The van der Waals surface area contributed by atoms with Crippen molar-refractivity contribution in [3.63, 3.8) is 0 Å². The van der Waals surface area contributed by atoms with Gasteiger partial charge in [-0.05, 0) is 44.2 Å². The van der Waals surface area contributed by atoms with Crippen LogP contribution in [0.1, 0.15) is 12.6 Å². The number of thioether (sulfide) groups is 1. The first-order valence-electron chi connectivity index (χ1n) is 7.76. The Bertz CT molecular complexity index is 979. The van der Waals surface area contributed by atoms with Gasteiger partial charge < -0.3 is 10.3 Å². The van der Waals surface area contributed by atoms with Gasteiger partial charge in [-0.1, -0.05) is 27.7 Å². The van der Waals surface area contributed by atoms with E-state index in [-0.39, 0.29) is 17.2 Å². The lowest BCUT2D eigenvalue weighted by Gasteiger charge is -2.10. The van der Waals surface area contributed by atoms with Crippen LogP contribution in [-0.4, -0.2) is 26.2 Å². The second-order valence-electron chi connectivity index (χ2n) is 5.50. The van der Waals surface area contributed by atoms with Gasteiger partial charge in [-0.2, -0.15) is 0 Å². The number of halogens is 1. The number of aromatic amines is 1. The van der Waals surface area contributed by atoms with Crippen molar-refractivity contribution in [1.82, 2.24) is 14.5 Å². The number of anilines is 1. The third-order valence-corrected chi connectivity index (χ3v) is 5.12. The Kier molecular flexibility index (Phi) is 5.29. The van der Waals surface area contributed by atoms with E-state index in [0.717, 1.165) is 15.9 Å². The first-order chi connectivity index (χ1) is 12.0. The van der Waals surface area contributed by atoms with Crippen LogP contribution in [0.2, 0.25) is 0 Å². The lowest BCUT2D eigenvalue weighted by atomic mass is 10.3. The number of hydrogen-bond donors (Lipinski definition) is 2. The highest BCUT2D eigenvalue weighted by Crippen LogP contribution is 2.19. The number of hydrogen-bond acceptors (Lipinski definition) is 4. The molecule has 0 fully saturated rings. The Labute approximate surface area is 157 Å². The van der Waals surface area contributed by atoms with E-state index in [9.17, 15) is 9.59 Å². The van der Waals surface area contributed by atoms with Gasteiger partial charge >= 0.3 is 0 Å². The number of amides is 1. The summed E-state index contributed by atoms with van der Waals surface area (Å²) in [6, 6.07) is 9.20. The zero-order valence-electron chi connectivity index (χ0n) is 13.8. The Morgan fingerprint density at radius 2 is 2.08 bits per heavy atom. The number of H-pyrrole nitrogens is 1. The van der Waals surface area contributed by atoms with E-state index in [1.54, 1.807) is 4.57 Å². The third-order valence-electron chi connectivity index (χ3n) is 3.61. The average Bonchev–Trinajstić information content (AvgIpc) is 2.96. The predicted molar refractivity (Wildman–Crippen MR) is 104 cm³/mol. The summed E-state index contributed by atoms with van der Waals surface area (Å²) in [6.45, 7) is 4.27. The number of aryl methyl sites for hydroxylation is 1. The SMILES string of the molecule is CCn1c(SCC(=O)Nc2ccc(Br)cc2)nc2cc(C)[nH]c2c1=O. The van der Waals surface area contributed by atoms with Crippen LogP contribution in [0, 0.1) is 6.92 Å². The van der Waals surface area contributed by atoms with Crippen molar-refractivity contribution in [2.24, 2.45) is 0 Å². The number of rotatable bonds is 5. The van der Waals surface area contributed by atoms with E-state index in [1.165, 1.54) is 11.8 Å². The zero-order valence-corrected chi connectivity index (χ0v) is 16.2. The third kappa shape index (κ3) is 3.96. The Balaban J connectivity index is 1.77. The van der Waals surface area contributed by atoms with Gasteiger partial charge in [-0.25, -0.2) is 4.98 Å². The van der Waals surface area contributed by atoms with Crippen molar-refractivity contribution < 1.29 is 4.79 Å². The first-order valence-corrected chi connectivity index (χ1v) is 9.54. The maximum atomic E-state index is 12.5. The molecule has 1 amide bonds. The van der Waals surface area contributed by atoms with Gasteiger partial charge in [0, 0.05) is 22.4 Å². The number of nitrogens with one attached hydrogen (secondary N) is 2. The van der Waals surface area contributed by atoms with Gasteiger partial charge in [0.2, 0.25) is 5.91 Å². The quantitative estimate of drug-likeness (QED) is 0.488. The standard InChI is InChI=1S/C17H17BrN4O2S/c1-3-22-16(24)15-13(8-10(2)19-15)21-17(22)25-9-14(23)20-12-6-4-11(18)5-7-12/h4-8,19H,3,9H2,1-2H3,(H,20,23). The van der Waals surface area contributed by atoms with Crippen molar-refractivity contribution in [1.29, 1.82) is 0 Å². The van der Waals surface area contributed by atoms with E-state index in [4.69, 9.17) is 0 Å². The van der Waals surface area contributed by atoms with Crippen LogP contribution in [0.15, 0.2) is 44.8 Å². The molecule has 0 aliphatic heterocycles. The number of benzene rings is 1. The van der Waals surface area contributed by atoms with Gasteiger partial charge in [0.25, 0.3) is 5.56 Å². The number of carbonyl (C=O) groups excluding carboxylic acids is 1. The lowest BCUT2D eigenvalue weighted by molar-refractivity contribution is -0.113. The molecule has 0 aliphatic carbocycles. The van der Waals surface area contributed by atoms with E-state index < -0.39 is 0 Å². The van der Waals surface area contributed by atoms with Crippen LogP contribution in [-0.2, 0) is 11.3 Å². The minimum atomic E-state index is -0.144. The normalized spacial score (nSPS) is 11.0. The summed E-state index contributed by atoms with van der Waals surface area (Å²) in [4.78, 5) is 32.3. The molecule has 0 unspecified atom stereocenters. The summed E-state index contributed by atoms with van der Waals surface area (Å²) in [5, 5.41) is 3.38. The summed E-state index contributed by atoms with van der Waals surface area (Å²) in [5.74, 6) is 0.0341. The highest BCUT2D eigenvalue weighted by atomic mass is 79.9. The zero-order chi connectivity index (χ0) is 18.0. The summed E-state index contributed by atoms with van der Waals surface area (Å²) in [7, 11) is 0. The number of nitrogens with zero attached hydrogens (tertiary/aromatic N) is 2. The molecule has 8 heteroatoms. The van der Waals surface area contributed by atoms with Gasteiger partial charge in [-0.15, -0.1) is 0 Å². The van der Waals surface area contributed by atoms with Crippen molar-refractivity contribution in [3.8, 4) is 0 Å². The van der Waals surface area contributed by atoms with E-state index >= 15 is 0 Å². The fourth-order valence-electron chi connectivity index (χ4n) is 2.46. The molecular formula is C17H17BrN4O2S. The molecule has 2 N–H and O–H groups in total. The molecule has 2 heterocycles. The van der Waals surface area contributed by atoms with Crippen molar-refractivity contribution in [2.45, 2.75) is 25.5 Å². The van der Waals surface area contributed by atoms with E-state index in [2.05, 4.69) is 31.2 Å². The molecule has 1 aromatic carbocycles. The smallest absolute Gasteiger partial charge is 0.278 e. The molecule has 0 aliphatic rings. The molecule has 25 heavy (non-hydrogen) atoms. The van der Waals surface area contributed by atoms with Crippen molar-refractivity contribution >= 4 is 50.3 Å². The molecule has 0 bridgehead atoms. The van der Waals surface area contributed by atoms with E-state index in [1.807, 2.05) is 44.2 Å². The fourth-order valence-corrected chi connectivity index (χ4v) is 3.59. The summed E-state index contributed by atoms with van der Waals surface area (Å²) < 4.78 is 2.53. The minimum absolute atomic E-state index is 0.114. The Hall–Kier alpha value is -2.06. The molecule has 2 aromatic heterocycles. The largest absolute Gasteiger partial charge is 0.353 e. The molecule has 0 radical (unpaired) electrons. The van der Waals surface area contributed by atoms with Gasteiger partial charge in [-0.3, -0.25) is 14.2 Å². The molecular weight excluding hydrogens is 404 g/mol. The van der Waals surface area contributed by atoms with Crippen molar-refractivity contribution in [3.05, 3.63) is 50.9 Å². The summed E-state index contributed by atoms with van der Waals surface area (Å²) >= 11 is 4.61. The first kappa shape index (κ1) is 17.8. The number of fused-ring (bicyclic) bond motifs is 1. The minimum Gasteiger partial charge on any atom is -0.353 e. The van der Waals surface area contributed by atoms with Crippen LogP contribution in [0.25, 0.3) is 11.0 Å². The molecule has 0 saturated heterocycles. The second kappa shape index (κ2) is 7.45. The van der Waals surface area contributed by atoms with Gasteiger partial charge in [0.1, 0.15) is 5.52 Å². The highest BCUT2D eigenvalue weighted by molar-refractivity contribution is 9.10. The summed E-state index contributed by atoms with van der Waals surface area (Å²) in [6.07, 6.45) is 0. The van der Waals surface area contributed by atoms with Crippen molar-refractivity contribution in [2.75, 3.05) is 11.1 Å². The van der Waals surface area contributed by atoms with Gasteiger partial charge in [0.15, 0.2) is 5.16 Å². The van der Waals surface area contributed by atoms with Crippen LogP contribution >= 0.6 is 27.7 Å². The maximum Gasteiger partial charge on any atom is 0.278 e. The maximum absolute atomic E-state index is 12.5. The molecule has 0 saturated carbocycles. The Morgan fingerprint density at radius 3 is 2.76 bits per heavy atom. The van der Waals surface area contributed by atoms with Gasteiger partial charge in [0.05, 0.1) is 11.3 Å². The lowest BCUT2D eigenvalue weighted by Crippen LogP contribution is -2.23. The fraction of sp³-hybridized carbons (Fsp3) is 0.235. The molecule has 0 spiro atoms. The number of aromatic nitrogens is 3. The Morgan fingerprint density at radius 1 is 1.36 bits per heavy atom. The molecule has 3 rings (SSSR count). The summed E-state index contributed by atoms with van der Waals surface area (Å²) in [5.41, 5.74) is 2.63. The van der Waals surface area contributed by atoms with Crippen LogP contribution in [0.3, 0.4) is 0 Å². The number of carbonyl (C=O) groups is 1. The predicted octanol–water partition coefficient (Wildman–Crippen LogP) is 3.55. The highest BCUT2D eigenvalue weighted by Gasteiger charge is 2.14.